The van der Waals surface area contributed by atoms with E-state index in [9.17, 15) is 18.0 Å². The van der Waals surface area contributed by atoms with Gasteiger partial charge in [0, 0.05) is 12.0 Å². The lowest BCUT2D eigenvalue weighted by Gasteiger charge is -2.24. The first-order valence-corrected chi connectivity index (χ1v) is 6.20. The van der Waals surface area contributed by atoms with Crippen LogP contribution in [0, 0.1) is 0 Å². The van der Waals surface area contributed by atoms with Gasteiger partial charge < -0.3 is 9.47 Å². The van der Waals surface area contributed by atoms with Crippen molar-refractivity contribution in [1.82, 2.24) is 4.98 Å². The van der Waals surface area contributed by atoms with E-state index < -0.39 is 24.4 Å². The summed E-state index contributed by atoms with van der Waals surface area (Å²) in [5.74, 6) is -1.07. The van der Waals surface area contributed by atoms with Crippen LogP contribution in [0.5, 0.6) is 0 Å². The number of alkyl halides is 3. The molecule has 100 valence electrons. The molecule has 8 heteroatoms. The van der Waals surface area contributed by atoms with Crippen molar-refractivity contribution in [3.8, 4) is 0 Å². The van der Waals surface area contributed by atoms with Gasteiger partial charge in [-0.25, -0.2) is 9.78 Å². The Hall–Kier alpha value is -1.15. The summed E-state index contributed by atoms with van der Waals surface area (Å²) in [7, 11) is 0. The van der Waals surface area contributed by atoms with E-state index in [0.29, 0.717) is 6.42 Å². The van der Waals surface area contributed by atoms with E-state index in [-0.39, 0.29) is 18.7 Å². The third-order valence-corrected chi connectivity index (χ3v) is 3.09. The Morgan fingerprint density at radius 1 is 1.61 bits per heavy atom. The van der Waals surface area contributed by atoms with Crippen molar-refractivity contribution >= 4 is 17.3 Å². The first-order valence-electron chi connectivity index (χ1n) is 5.26. The summed E-state index contributed by atoms with van der Waals surface area (Å²) in [4.78, 5) is 15.1. The number of carbonyl (C=O) groups is 1. The Morgan fingerprint density at radius 3 is 2.89 bits per heavy atom. The van der Waals surface area contributed by atoms with E-state index in [1.807, 2.05) is 0 Å². The standard InChI is InChI=1S/C10H10F3NO3S/c11-10(12,13)8(7-2-1-3-16-7)17-9(15)6-4-18-5-14-6/h4-5,7-8H,1-3H2. The quantitative estimate of drug-likeness (QED) is 0.798. The topological polar surface area (TPSA) is 48.4 Å². The van der Waals surface area contributed by atoms with Gasteiger partial charge in [-0.3, -0.25) is 0 Å². The number of carbonyl (C=O) groups excluding carboxylic acids is 1. The molecule has 0 aliphatic carbocycles. The molecule has 1 aromatic rings. The van der Waals surface area contributed by atoms with Crippen molar-refractivity contribution in [2.75, 3.05) is 6.61 Å². The highest BCUT2D eigenvalue weighted by molar-refractivity contribution is 7.07. The van der Waals surface area contributed by atoms with Crippen LogP contribution in [0.1, 0.15) is 23.3 Å². The third-order valence-electron chi connectivity index (χ3n) is 2.50. The van der Waals surface area contributed by atoms with Crippen LogP contribution in [0.2, 0.25) is 0 Å². The number of rotatable bonds is 3. The van der Waals surface area contributed by atoms with Gasteiger partial charge in [-0.2, -0.15) is 13.2 Å². The van der Waals surface area contributed by atoms with E-state index in [4.69, 9.17) is 4.74 Å². The minimum absolute atomic E-state index is 0.118. The maximum absolute atomic E-state index is 12.8. The molecule has 0 radical (unpaired) electrons. The Balaban J connectivity index is 2.08. The number of thiazole rings is 1. The molecule has 1 aliphatic heterocycles. The van der Waals surface area contributed by atoms with Gasteiger partial charge >= 0.3 is 12.1 Å². The number of hydrogen-bond acceptors (Lipinski definition) is 5. The molecule has 0 aromatic carbocycles. The Labute approximate surface area is 105 Å². The van der Waals surface area contributed by atoms with Gasteiger partial charge in [0.25, 0.3) is 0 Å². The number of halogens is 3. The number of ether oxygens (including phenoxy) is 2. The summed E-state index contributed by atoms with van der Waals surface area (Å²) in [5.41, 5.74) is 1.23. The summed E-state index contributed by atoms with van der Waals surface area (Å²) in [5, 5.41) is 1.34. The molecular weight excluding hydrogens is 271 g/mol. The third kappa shape index (κ3) is 2.99. The minimum atomic E-state index is -4.64. The maximum atomic E-state index is 12.8. The van der Waals surface area contributed by atoms with E-state index in [1.54, 1.807) is 0 Å². The molecule has 18 heavy (non-hydrogen) atoms. The average Bonchev–Trinajstić information content (AvgIpc) is 2.96. The van der Waals surface area contributed by atoms with Gasteiger partial charge in [0.05, 0.1) is 5.51 Å². The highest BCUT2D eigenvalue weighted by Gasteiger charge is 2.49. The molecule has 0 amide bonds. The predicted molar refractivity (Wildman–Crippen MR) is 56.3 cm³/mol. The lowest BCUT2D eigenvalue weighted by molar-refractivity contribution is -0.230. The molecule has 1 fully saturated rings. The fraction of sp³-hybridized carbons (Fsp3) is 0.600. The van der Waals surface area contributed by atoms with Crippen molar-refractivity contribution in [2.45, 2.75) is 31.2 Å². The molecule has 2 atom stereocenters. The van der Waals surface area contributed by atoms with E-state index in [0.717, 1.165) is 11.3 Å². The van der Waals surface area contributed by atoms with E-state index in [2.05, 4.69) is 9.72 Å². The van der Waals surface area contributed by atoms with Crippen molar-refractivity contribution in [3.05, 3.63) is 16.6 Å². The molecule has 2 rings (SSSR count). The summed E-state index contributed by atoms with van der Waals surface area (Å²) in [6.45, 7) is 0.255. The molecule has 1 aromatic heterocycles. The molecule has 1 aliphatic rings. The second-order valence-corrected chi connectivity index (χ2v) is 4.51. The first-order chi connectivity index (χ1) is 8.48. The summed E-state index contributed by atoms with van der Waals surface area (Å²) < 4.78 is 47.8. The minimum Gasteiger partial charge on any atom is -0.445 e. The number of aromatic nitrogens is 1. The normalized spacial score (nSPS) is 21.8. The smallest absolute Gasteiger partial charge is 0.428 e. The van der Waals surface area contributed by atoms with Crippen LogP contribution in [0.15, 0.2) is 10.9 Å². The van der Waals surface area contributed by atoms with Crippen LogP contribution < -0.4 is 0 Å². The van der Waals surface area contributed by atoms with Crippen LogP contribution in [0.4, 0.5) is 13.2 Å². The molecule has 1 saturated heterocycles. The lowest BCUT2D eigenvalue weighted by atomic mass is 10.1. The zero-order valence-corrected chi connectivity index (χ0v) is 9.96. The lowest BCUT2D eigenvalue weighted by Crippen LogP contribution is -2.43. The molecule has 0 N–H and O–H groups in total. The zero-order chi connectivity index (χ0) is 13.2. The average molecular weight is 281 g/mol. The fourth-order valence-electron chi connectivity index (χ4n) is 1.68. The van der Waals surface area contributed by atoms with Crippen molar-refractivity contribution in [1.29, 1.82) is 0 Å². The Bertz CT molecular complexity index is 401. The summed E-state index contributed by atoms with van der Waals surface area (Å²) in [6, 6.07) is 0. The van der Waals surface area contributed by atoms with Gasteiger partial charge in [0.1, 0.15) is 6.10 Å². The second kappa shape index (κ2) is 5.23. The number of nitrogens with zero attached hydrogens (tertiary/aromatic N) is 1. The van der Waals surface area contributed by atoms with Crippen molar-refractivity contribution in [3.63, 3.8) is 0 Å². The van der Waals surface area contributed by atoms with Gasteiger partial charge in [0.2, 0.25) is 6.10 Å². The van der Waals surface area contributed by atoms with Gasteiger partial charge in [-0.1, -0.05) is 0 Å². The van der Waals surface area contributed by atoms with E-state index >= 15 is 0 Å². The first kappa shape index (κ1) is 13.3. The molecule has 4 nitrogen and oxygen atoms in total. The van der Waals surface area contributed by atoms with Crippen LogP contribution in [-0.2, 0) is 9.47 Å². The highest BCUT2D eigenvalue weighted by atomic mass is 32.1. The monoisotopic (exact) mass is 281 g/mol. The molecule has 0 bridgehead atoms. The molecule has 0 saturated carbocycles. The van der Waals surface area contributed by atoms with Crippen LogP contribution in [0.3, 0.4) is 0 Å². The SMILES string of the molecule is O=C(OC(C1CCCO1)C(F)(F)F)c1cscn1. The Morgan fingerprint density at radius 2 is 2.39 bits per heavy atom. The number of hydrogen-bond donors (Lipinski definition) is 0. The highest BCUT2D eigenvalue weighted by Crippen LogP contribution is 2.31. The van der Waals surface area contributed by atoms with Gasteiger partial charge in [-0.05, 0) is 12.8 Å². The van der Waals surface area contributed by atoms with Gasteiger partial charge in [-0.15, -0.1) is 11.3 Å². The zero-order valence-electron chi connectivity index (χ0n) is 9.14. The predicted octanol–water partition coefficient (Wildman–Crippen LogP) is 2.41. The number of esters is 1. The molecule has 2 heterocycles. The van der Waals surface area contributed by atoms with Crippen molar-refractivity contribution in [2.24, 2.45) is 0 Å². The maximum Gasteiger partial charge on any atom is 0.428 e. The largest absolute Gasteiger partial charge is 0.445 e. The van der Waals surface area contributed by atoms with Crippen LogP contribution >= 0.6 is 11.3 Å². The second-order valence-electron chi connectivity index (χ2n) is 3.79. The Kier molecular flexibility index (Phi) is 3.86. The van der Waals surface area contributed by atoms with E-state index in [1.165, 1.54) is 10.9 Å². The molecule has 2 unspecified atom stereocenters. The van der Waals surface area contributed by atoms with Gasteiger partial charge in [0.15, 0.2) is 5.69 Å². The van der Waals surface area contributed by atoms with Crippen molar-refractivity contribution < 1.29 is 27.4 Å². The van der Waals surface area contributed by atoms with Crippen LogP contribution in [-0.4, -0.2) is 35.9 Å². The van der Waals surface area contributed by atoms with Crippen LogP contribution in [0.25, 0.3) is 0 Å². The molecular formula is C10H10F3NO3S. The summed E-state index contributed by atoms with van der Waals surface area (Å²) >= 11 is 1.11. The molecule has 0 spiro atoms. The fourth-order valence-corrected chi connectivity index (χ4v) is 2.21. The summed E-state index contributed by atoms with van der Waals surface area (Å²) in [6.07, 6.45) is -7.22.